The van der Waals surface area contributed by atoms with Gasteiger partial charge in [-0.15, -0.1) is 16.9 Å². The van der Waals surface area contributed by atoms with E-state index in [1.54, 1.807) is 16.4 Å². The Morgan fingerprint density at radius 1 is 1.48 bits per heavy atom. The second kappa shape index (κ2) is 6.07. The molecule has 1 aromatic carbocycles. The molecule has 1 aliphatic heterocycles. The van der Waals surface area contributed by atoms with E-state index >= 15 is 0 Å². The number of benzene rings is 1. The van der Waals surface area contributed by atoms with Crippen molar-refractivity contribution in [3.63, 3.8) is 0 Å². The third-order valence-electron chi connectivity index (χ3n) is 3.35. The molecule has 1 fully saturated rings. The molecule has 5 nitrogen and oxygen atoms in total. The molecule has 1 atom stereocenters. The fourth-order valence-electron chi connectivity index (χ4n) is 2.37. The SMILES string of the molecule is CCN1C(=O)CSC1c1cn(Cc2cccc(Cl)c2)nn1. The first-order valence-corrected chi connectivity index (χ1v) is 8.15. The highest BCUT2D eigenvalue weighted by Crippen LogP contribution is 2.37. The fourth-order valence-corrected chi connectivity index (χ4v) is 3.77. The summed E-state index contributed by atoms with van der Waals surface area (Å²) in [6.45, 7) is 3.29. The molecule has 1 aliphatic rings. The Hall–Kier alpha value is -1.53. The van der Waals surface area contributed by atoms with Gasteiger partial charge in [0.15, 0.2) is 0 Å². The largest absolute Gasteiger partial charge is 0.324 e. The Kier molecular flexibility index (Phi) is 4.17. The summed E-state index contributed by atoms with van der Waals surface area (Å²) in [4.78, 5) is 13.6. The summed E-state index contributed by atoms with van der Waals surface area (Å²) in [5, 5.41) is 9.06. The van der Waals surface area contributed by atoms with Gasteiger partial charge in [-0.1, -0.05) is 28.9 Å². The zero-order valence-corrected chi connectivity index (χ0v) is 13.1. The topological polar surface area (TPSA) is 51.0 Å². The average Bonchev–Trinajstić information content (AvgIpc) is 3.05. The molecule has 7 heteroatoms. The Morgan fingerprint density at radius 2 is 2.33 bits per heavy atom. The number of hydrogen-bond acceptors (Lipinski definition) is 4. The molecule has 0 N–H and O–H groups in total. The molecular weight excluding hydrogens is 308 g/mol. The van der Waals surface area contributed by atoms with Crippen LogP contribution in [0.4, 0.5) is 0 Å². The molecule has 2 heterocycles. The minimum Gasteiger partial charge on any atom is -0.324 e. The average molecular weight is 323 g/mol. The highest BCUT2D eigenvalue weighted by Gasteiger charge is 2.33. The van der Waals surface area contributed by atoms with E-state index in [9.17, 15) is 4.79 Å². The number of amides is 1. The van der Waals surface area contributed by atoms with Crippen LogP contribution in [-0.4, -0.2) is 38.1 Å². The molecule has 0 bridgehead atoms. The van der Waals surface area contributed by atoms with Gasteiger partial charge < -0.3 is 4.90 Å². The minimum atomic E-state index is -0.0180. The van der Waals surface area contributed by atoms with Gasteiger partial charge in [-0.3, -0.25) is 4.79 Å². The van der Waals surface area contributed by atoms with Crippen LogP contribution in [0.1, 0.15) is 23.6 Å². The van der Waals surface area contributed by atoms with Gasteiger partial charge in [0.05, 0.1) is 18.5 Å². The molecule has 0 saturated carbocycles. The summed E-state index contributed by atoms with van der Waals surface area (Å²) in [5.74, 6) is 0.677. The predicted molar refractivity (Wildman–Crippen MR) is 83.2 cm³/mol. The lowest BCUT2D eigenvalue weighted by molar-refractivity contribution is -0.127. The highest BCUT2D eigenvalue weighted by atomic mass is 35.5. The van der Waals surface area contributed by atoms with E-state index in [0.29, 0.717) is 23.9 Å². The Morgan fingerprint density at radius 3 is 3.10 bits per heavy atom. The first-order chi connectivity index (χ1) is 10.2. The second-order valence-electron chi connectivity index (χ2n) is 4.81. The molecule has 0 aliphatic carbocycles. The van der Waals surface area contributed by atoms with Crippen molar-refractivity contribution < 1.29 is 4.79 Å². The molecule has 0 radical (unpaired) electrons. The third-order valence-corrected chi connectivity index (χ3v) is 4.81. The summed E-state index contributed by atoms with van der Waals surface area (Å²) >= 11 is 7.58. The third kappa shape index (κ3) is 3.06. The summed E-state index contributed by atoms with van der Waals surface area (Å²) in [6, 6.07) is 7.67. The molecule has 3 rings (SSSR count). The summed E-state index contributed by atoms with van der Waals surface area (Å²) in [5.41, 5.74) is 1.90. The maximum atomic E-state index is 11.8. The van der Waals surface area contributed by atoms with Crippen LogP contribution in [0.2, 0.25) is 5.02 Å². The van der Waals surface area contributed by atoms with E-state index in [1.807, 2.05) is 42.3 Å². The van der Waals surface area contributed by atoms with Crippen molar-refractivity contribution >= 4 is 29.3 Å². The number of hydrogen-bond donors (Lipinski definition) is 0. The molecule has 0 spiro atoms. The van der Waals surface area contributed by atoms with Gasteiger partial charge in [0.25, 0.3) is 0 Å². The lowest BCUT2D eigenvalue weighted by Gasteiger charge is -2.19. The lowest BCUT2D eigenvalue weighted by Crippen LogP contribution is -2.27. The van der Waals surface area contributed by atoms with E-state index in [1.165, 1.54) is 0 Å². The summed E-state index contributed by atoms with van der Waals surface area (Å²) < 4.78 is 1.78. The molecule has 1 aromatic heterocycles. The number of carbonyl (C=O) groups excluding carboxylic acids is 1. The number of halogens is 1. The molecule has 2 aromatic rings. The van der Waals surface area contributed by atoms with Gasteiger partial charge >= 0.3 is 0 Å². The van der Waals surface area contributed by atoms with Crippen molar-refractivity contribution in [1.29, 1.82) is 0 Å². The summed E-state index contributed by atoms with van der Waals surface area (Å²) in [7, 11) is 0. The van der Waals surface area contributed by atoms with E-state index in [4.69, 9.17) is 11.6 Å². The number of aromatic nitrogens is 3. The minimum absolute atomic E-state index is 0.0180. The maximum Gasteiger partial charge on any atom is 0.233 e. The maximum absolute atomic E-state index is 11.8. The lowest BCUT2D eigenvalue weighted by atomic mass is 10.2. The molecule has 1 saturated heterocycles. The van der Waals surface area contributed by atoms with Crippen LogP contribution in [0, 0.1) is 0 Å². The van der Waals surface area contributed by atoms with Gasteiger partial charge in [-0.2, -0.15) is 0 Å². The van der Waals surface area contributed by atoms with Gasteiger partial charge in [-0.05, 0) is 24.6 Å². The molecule has 1 unspecified atom stereocenters. The van der Waals surface area contributed by atoms with Crippen LogP contribution in [0.5, 0.6) is 0 Å². The van der Waals surface area contributed by atoms with Crippen LogP contribution in [0.25, 0.3) is 0 Å². The van der Waals surface area contributed by atoms with E-state index in [-0.39, 0.29) is 11.3 Å². The predicted octanol–water partition coefficient (Wildman–Crippen LogP) is 2.57. The summed E-state index contributed by atoms with van der Waals surface area (Å²) in [6.07, 6.45) is 1.90. The molecular formula is C14H15ClN4OS. The number of thioether (sulfide) groups is 1. The Bertz CT molecular complexity index is 660. The standard InChI is InChI=1S/C14H15ClN4OS/c1-2-19-13(20)9-21-14(19)12-8-18(17-16-12)7-10-4-3-5-11(15)6-10/h3-6,8,14H,2,7,9H2,1H3. The van der Waals surface area contributed by atoms with Crippen LogP contribution in [-0.2, 0) is 11.3 Å². The fraction of sp³-hybridized carbons (Fsp3) is 0.357. The highest BCUT2D eigenvalue weighted by molar-refractivity contribution is 8.00. The van der Waals surface area contributed by atoms with Crippen LogP contribution >= 0.6 is 23.4 Å². The van der Waals surface area contributed by atoms with Crippen LogP contribution in [0.3, 0.4) is 0 Å². The van der Waals surface area contributed by atoms with Crippen molar-refractivity contribution in [1.82, 2.24) is 19.9 Å². The van der Waals surface area contributed by atoms with Crippen LogP contribution < -0.4 is 0 Å². The normalized spacial score (nSPS) is 18.5. The second-order valence-corrected chi connectivity index (χ2v) is 6.32. The monoisotopic (exact) mass is 322 g/mol. The van der Waals surface area contributed by atoms with Crippen molar-refractivity contribution in [3.05, 3.63) is 46.7 Å². The van der Waals surface area contributed by atoms with Crippen molar-refractivity contribution in [2.75, 3.05) is 12.3 Å². The van der Waals surface area contributed by atoms with Crippen molar-refractivity contribution in [3.8, 4) is 0 Å². The molecule has 110 valence electrons. The van der Waals surface area contributed by atoms with Crippen molar-refractivity contribution in [2.45, 2.75) is 18.8 Å². The Labute approximate surface area is 132 Å². The molecule has 1 amide bonds. The first-order valence-electron chi connectivity index (χ1n) is 6.73. The number of rotatable bonds is 4. The van der Waals surface area contributed by atoms with Gasteiger partial charge in [0.2, 0.25) is 5.91 Å². The Balaban J connectivity index is 1.76. The van der Waals surface area contributed by atoms with E-state index < -0.39 is 0 Å². The molecule has 21 heavy (non-hydrogen) atoms. The van der Waals surface area contributed by atoms with E-state index in [2.05, 4.69) is 10.3 Å². The smallest absolute Gasteiger partial charge is 0.233 e. The van der Waals surface area contributed by atoms with Gasteiger partial charge in [-0.25, -0.2) is 4.68 Å². The zero-order chi connectivity index (χ0) is 14.8. The quantitative estimate of drug-likeness (QED) is 0.868. The first kappa shape index (κ1) is 14.4. The zero-order valence-electron chi connectivity index (χ0n) is 11.6. The van der Waals surface area contributed by atoms with Crippen molar-refractivity contribution in [2.24, 2.45) is 0 Å². The van der Waals surface area contributed by atoms with E-state index in [0.717, 1.165) is 11.3 Å². The number of carbonyl (C=O) groups is 1. The van der Waals surface area contributed by atoms with Crippen LogP contribution in [0.15, 0.2) is 30.5 Å². The van der Waals surface area contributed by atoms with Gasteiger partial charge in [0, 0.05) is 11.6 Å². The number of nitrogens with zero attached hydrogens (tertiary/aromatic N) is 4. The van der Waals surface area contributed by atoms with Gasteiger partial charge in [0.1, 0.15) is 11.1 Å².